The van der Waals surface area contributed by atoms with Gasteiger partial charge in [-0.3, -0.25) is 0 Å². The molecular formula is C13H13ClN2. The molecule has 1 aromatic heterocycles. The van der Waals surface area contributed by atoms with Crippen LogP contribution in [-0.4, -0.2) is 4.57 Å². The van der Waals surface area contributed by atoms with Crippen molar-refractivity contribution in [3.05, 3.63) is 34.5 Å². The lowest BCUT2D eigenvalue weighted by Crippen LogP contribution is -1.99. The fourth-order valence-corrected chi connectivity index (χ4v) is 2.24. The van der Waals surface area contributed by atoms with E-state index in [1.807, 2.05) is 18.2 Å². The highest BCUT2D eigenvalue weighted by Crippen LogP contribution is 2.27. The van der Waals surface area contributed by atoms with Crippen LogP contribution in [0, 0.1) is 25.2 Å². The number of benzene rings is 1. The van der Waals surface area contributed by atoms with Crippen molar-refractivity contribution in [2.45, 2.75) is 26.8 Å². The largest absolute Gasteiger partial charge is 0.344 e. The zero-order valence-corrected chi connectivity index (χ0v) is 10.2. The molecule has 0 N–H and O–H groups in total. The molecule has 0 fully saturated rings. The molecule has 0 atom stereocenters. The smallest absolute Gasteiger partial charge is 0.0640 e. The van der Waals surface area contributed by atoms with Gasteiger partial charge in [0.1, 0.15) is 0 Å². The van der Waals surface area contributed by atoms with Crippen LogP contribution in [-0.2, 0) is 6.54 Å². The second-order valence-electron chi connectivity index (χ2n) is 3.93. The Balaban J connectivity index is 2.65. The number of aromatic nitrogens is 1. The number of rotatable bonds is 2. The predicted octanol–water partition coefficient (Wildman–Crippen LogP) is 3.83. The molecule has 0 radical (unpaired) electrons. The lowest BCUT2D eigenvalue weighted by molar-refractivity contribution is 0.720. The van der Waals surface area contributed by atoms with E-state index in [0.717, 1.165) is 17.1 Å². The summed E-state index contributed by atoms with van der Waals surface area (Å²) in [5.74, 6) is 0. The summed E-state index contributed by atoms with van der Waals surface area (Å²) in [6.45, 7) is 4.92. The standard InChI is InChI=1S/C13H13ClN2/c1-9-10(2)16(7-3-6-15)13-5-4-11(14)8-12(9)13/h4-5,8H,3,7H2,1-2H3. The summed E-state index contributed by atoms with van der Waals surface area (Å²) < 4.78 is 2.18. The van der Waals surface area contributed by atoms with Crippen molar-refractivity contribution in [2.75, 3.05) is 0 Å². The third-order valence-corrected chi connectivity index (χ3v) is 3.28. The minimum Gasteiger partial charge on any atom is -0.344 e. The minimum atomic E-state index is 0.534. The zero-order chi connectivity index (χ0) is 11.7. The van der Waals surface area contributed by atoms with Crippen molar-refractivity contribution < 1.29 is 0 Å². The van der Waals surface area contributed by atoms with Crippen molar-refractivity contribution in [2.24, 2.45) is 0 Å². The number of nitrogens with zero attached hydrogens (tertiary/aromatic N) is 2. The second-order valence-corrected chi connectivity index (χ2v) is 4.37. The Morgan fingerprint density at radius 1 is 1.38 bits per heavy atom. The molecule has 0 saturated carbocycles. The molecule has 3 heteroatoms. The molecule has 2 nitrogen and oxygen atoms in total. The Morgan fingerprint density at radius 3 is 2.81 bits per heavy atom. The van der Waals surface area contributed by atoms with Gasteiger partial charge in [-0.15, -0.1) is 0 Å². The molecule has 0 aliphatic heterocycles. The van der Waals surface area contributed by atoms with E-state index in [4.69, 9.17) is 16.9 Å². The average molecular weight is 233 g/mol. The fourth-order valence-electron chi connectivity index (χ4n) is 2.07. The Morgan fingerprint density at radius 2 is 2.12 bits per heavy atom. The van der Waals surface area contributed by atoms with E-state index in [0.29, 0.717) is 6.42 Å². The van der Waals surface area contributed by atoms with E-state index in [1.165, 1.54) is 16.6 Å². The maximum absolute atomic E-state index is 8.66. The number of halogens is 1. The third kappa shape index (κ3) is 1.68. The van der Waals surface area contributed by atoms with Gasteiger partial charge < -0.3 is 4.57 Å². The second kappa shape index (κ2) is 4.19. The van der Waals surface area contributed by atoms with Crippen LogP contribution in [0.15, 0.2) is 18.2 Å². The Labute approximate surface area is 100 Å². The summed E-state index contributed by atoms with van der Waals surface area (Å²) in [5, 5.41) is 10.6. The summed E-state index contributed by atoms with van der Waals surface area (Å²) in [7, 11) is 0. The van der Waals surface area contributed by atoms with Crippen molar-refractivity contribution in [3.63, 3.8) is 0 Å². The maximum Gasteiger partial charge on any atom is 0.0640 e. The first kappa shape index (κ1) is 11.0. The molecule has 0 amide bonds. The van der Waals surface area contributed by atoms with Gasteiger partial charge in [-0.2, -0.15) is 5.26 Å². The minimum absolute atomic E-state index is 0.534. The van der Waals surface area contributed by atoms with Crippen LogP contribution in [0.5, 0.6) is 0 Å². The Bertz CT molecular complexity index is 576. The summed E-state index contributed by atoms with van der Waals surface area (Å²) in [6, 6.07) is 8.09. The van der Waals surface area contributed by atoms with Gasteiger partial charge in [0.2, 0.25) is 0 Å². The van der Waals surface area contributed by atoms with Gasteiger partial charge in [0.05, 0.1) is 12.5 Å². The zero-order valence-electron chi connectivity index (χ0n) is 9.42. The molecule has 1 aromatic carbocycles. The number of nitriles is 1. The molecule has 0 saturated heterocycles. The van der Waals surface area contributed by atoms with Crippen molar-refractivity contribution in [1.29, 1.82) is 5.26 Å². The molecule has 16 heavy (non-hydrogen) atoms. The lowest BCUT2D eigenvalue weighted by atomic mass is 10.2. The maximum atomic E-state index is 8.66. The van der Waals surface area contributed by atoms with Gasteiger partial charge in [0.25, 0.3) is 0 Å². The van der Waals surface area contributed by atoms with E-state index in [9.17, 15) is 0 Å². The van der Waals surface area contributed by atoms with E-state index in [2.05, 4.69) is 24.5 Å². The summed E-state index contributed by atoms with van der Waals surface area (Å²) >= 11 is 5.99. The van der Waals surface area contributed by atoms with Crippen LogP contribution < -0.4 is 0 Å². The topological polar surface area (TPSA) is 28.7 Å². The molecule has 0 unspecified atom stereocenters. The van der Waals surface area contributed by atoms with Crippen LogP contribution in [0.4, 0.5) is 0 Å². The van der Waals surface area contributed by atoms with Gasteiger partial charge in [0.15, 0.2) is 0 Å². The summed E-state index contributed by atoms with van der Waals surface area (Å²) in [4.78, 5) is 0. The summed E-state index contributed by atoms with van der Waals surface area (Å²) in [5.41, 5.74) is 3.62. The Hall–Kier alpha value is -1.46. The van der Waals surface area contributed by atoms with Gasteiger partial charge in [-0.05, 0) is 37.6 Å². The SMILES string of the molecule is Cc1c(C)n(CCC#N)c2ccc(Cl)cc12. The van der Waals surface area contributed by atoms with Gasteiger partial charge in [-0.1, -0.05) is 11.6 Å². The van der Waals surface area contributed by atoms with Crippen molar-refractivity contribution in [3.8, 4) is 6.07 Å². The van der Waals surface area contributed by atoms with E-state index >= 15 is 0 Å². The number of fused-ring (bicyclic) bond motifs is 1. The monoisotopic (exact) mass is 232 g/mol. The quantitative estimate of drug-likeness (QED) is 0.774. The number of aryl methyl sites for hydroxylation is 2. The molecule has 2 rings (SSSR count). The lowest BCUT2D eigenvalue weighted by Gasteiger charge is -2.05. The molecule has 0 bridgehead atoms. The summed E-state index contributed by atoms with van der Waals surface area (Å²) in [6.07, 6.45) is 0.534. The number of hydrogen-bond donors (Lipinski definition) is 0. The number of hydrogen-bond acceptors (Lipinski definition) is 1. The van der Waals surface area contributed by atoms with Crippen LogP contribution >= 0.6 is 11.6 Å². The Kier molecular flexibility index (Phi) is 2.89. The van der Waals surface area contributed by atoms with E-state index in [1.54, 1.807) is 0 Å². The van der Waals surface area contributed by atoms with Gasteiger partial charge in [0, 0.05) is 28.2 Å². The third-order valence-electron chi connectivity index (χ3n) is 3.05. The first-order valence-corrected chi connectivity index (χ1v) is 5.65. The highest BCUT2D eigenvalue weighted by atomic mass is 35.5. The first-order chi connectivity index (χ1) is 7.65. The van der Waals surface area contributed by atoms with E-state index < -0.39 is 0 Å². The van der Waals surface area contributed by atoms with Gasteiger partial charge in [-0.25, -0.2) is 0 Å². The van der Waals surface area contributed by atoms with Crippen molar-refractivity contribution >= 4 is 22.5 Å². The fraction of sp³-hybridized carbons (Fsp3) is 0.308. The molecule has 2 aromatic rings. The molecule has 0 aliphatic carbocycles. The van der Waals surface area contributed by atoms with Crippen molar-refractivity contribution in [1.82, 2.24) is 4.57 Å². The van der Waals surface area contributed by atoms with Crippen LogP contribution in [0.25, 0.3) is 10.9 Å². The molecular weight excluding hydrogens is 220 g/mol. The van der Waals surface area contributed by atoms with Crippen LogP contribution in [0.2, 0.25) is 5.02 Å². The first-order valence-electron chi connectivity index (χ1n) is 5.27. The highest BCUT2D eigenvalue weighted by molar-refractivity contribution is 6.31. The normalized spacial score (nSPS) is 10.6. The molecule has 0 aliphatic rings. The molecule has 82 valence electrons. The molecule has 1 heterocycles. The highest BCUT2D eigenvalue weighted by Gasteiger charge is 2.10. The molecule has 0 spiro atoms. The van der Waals surface area contributed by atoms with Crippen LogP contribution in [0.1, 0.15) is 17.7 Å². The predicted molar refractivity (Wildman–Crippen MR) is 66.7 cm³/mol. The average Bonchev–Trinajstić information content (AvgIpc) is 2.50. The van der Waals surface area contributed by atoms with E-state index in [-0.39, 0.29) is 0 Å². The van der Waals surface area contributed by atoms with Crippen LogP contribution in [0.3, 0.4) is 0 Å². The van der Waals surface area contributed by atoms with Gasteiger partial charge >= 0.3 is 0 Å².